The number of ether oxygens (including phenoxy) is 3. The molecule has 3 aromatic carbocycles. The van der Waals surface area contributed by atoms with E-state index in [0.29, 0.717) is 33.3 Å². The molecule has 9 heterocycles. The number of hydrogen-bond donors (Lipinski definition) is 8. The Morgan fingerprint density at radius 2 is 0.854 bits per heavy atom. The summed E-state index contributed by atoms with van der Waals surface area (Å²) in [5, 5.41) is 63.2. The van der Waals surface area contributed by atoms with E-state index in [1.807, 2.05) is 0 Å². The van der Waals surface area contributed by atoms with E-state index in [4.69, 9.17) is 113 Å². The van der Waals surface area contributed by atoms with Crippen LogP contribution in [0.4, 0.5) is 20.4 Å². The molecule has 0 amide bonds. The van der Waals surface area contributed by atoms with Crippen molar-refractivity contribution in [3.05, 3.63) is 177 Å². The smallest absolute Gasteiger partial charge is 0.387 e. The van der Waals surface area contributed by atoms with Crippen LogP contribution in [0.3, 0.4) is 0 Å². The number of phosphoric acid groups is 3. The highest BCUT2D eigenvalue weighted by atomic mass is 35.5. The number of nitrogens with two attached hydrogens (primary N) is 2. The maximum atomic E-state index is 14.2. The van der Waals surface area contributed by atoms with Crippen LogP contribution >= 0.6 is 69.9 Å². The van der Waals surface area contributed by atoms with Gasteiger partial charge in [-0.05, 0) is 79.7 Å². The minimum Gasteiger partial charge on any atom is -0.387 e. The van der Waals surface area contributed by atoms with Crippen LogP contribution in [0.1, 0.15) is 78.6 Å². The highest BCUT2D eigenvalue weighted by molar-refractivity contribution is 7.49. The monoisotopic (exact) mass is 1490 g/mol. The lowest BCUT2D eigenvalue weighted by Crippen LogP contribution is -2.36. The SMILES string of the molecule is Cc1ccn([C@@H]2O[C@H](CO[P@]3(=O)OCC[C@H](c4cc(F)ccc4Cl)O3)[C@@H](O)[C@@H]2O)c(=O)n1.Nc1ccn([C@@H]2O[C@H](CO[P@]3(=O)OCC[C@H](c4cc(Cl)ccc4Cl)O3)[C@@H](O)[C@@H]2O)c(=O)n1.Nc1ccn([C@@H]2O[C@H](CO[P@]3(=O)OCC[C@H](c4cc(Cl)ccc4F)O3)[C@@H](O)[C@@H]2O)c(=O)n1. The molecular weight excluding hydrogens is 1430 g/mol. The number of rotatable bonds is 15. The Hall–Kier alpha value is -5.11. The van der Waals surface area contributed by atoms with Crippen LogP contribution in [0.5, 0.6) is 0 Å². The summed E-state index contributed by atoms with van der Waals surface area (Å²) in [5.41, 5.74) is 10.1. The van der Waals surface area contributed by atoms with Gasteiger partial charge in [-0.25, -0.2) is 36.9 Å². The van der Waals surface area contributed by atoms with Gasteiger partial charge in [0.25, 0.3) is 0 Å². The van der Waals surface area contributed by atoms with E-state index in [-0.39, 0.29) is 59.9 Å². The molecule has 6 aliphatic rings. The molecule has 10 N–H and O–H groups in total. The number of aromatic nitrogens is 6. The highest BCUT2D eigenvalue weighted by Crippen LogP contribution is 2.60. The Kier molecular flexibility index (Phi) is 23.9. The van der Waals surface area contributed by atoms with E-state index < -0.39 is 164 Å². The Bertz CT molecular complexity index is 3720. The molecule has 0 radical (unpaired) electrons. The Labute approximate surface area is 561 Å². The van der Waals surface area contributed by atoms with Gasteiger partial charge in [0.2, 0.25) is 0 Å². The molecule has 6 aromatic rings. The van der Waals surface area contributed by atoms with Crippen LogP contribution in [0.15, 0.2) is 106 Å². The fraction of sp³-hybridized carbons (Fsp3) is 0.455. The molecule has 96 heavy (non-hydrogen) atoms. The van der Waals surface area contributed by atoms with Crippen molar-refractivity contribution >= 4 is 81.5 Å². The van der Waals surface area contributed by atoms with Crippen LogP contribution in [-0.4, -0.2) is 154 Å². The van der Waals surface area contributed by atoms with Gasteiger partial charge < -0.3 is 56.3 Å². The fourth-order valence-corrected chi connectivity index (χ4v) is 15.4. The zero-order valence-corrected chi connectivity index (χ0v) is 55.4. The zero-order chi connectivity index (χ0) is 69.1. The van der Waals surface area contributed by atoms with E-state index in [2.05, 4.69) is 15.0 Å². The normalized spacial score (nSPS) is 32.8. The molecule has 6 saturated heterocycles. The molecule has 32 nitrogen and oxygen atoms in total. The van der Waals surface area contributed by atoms with Crippen molar-refractivity contribution in [2.45, 2.75) is 118 Å². The van der Waals surface area contributed by atoms with Crippen LogP contribution in [0.25, 0.3) is 0 Å². The number of hydrogen-bond acceptors (Lipinski definition) is 29. The Morgan fingerprint density at radius 3 is 1.26 bits per heavy atom. The Morgan fingerprint density at radius 1 is 0.500 bits per heavy atom. The van der Waals surface area contributed by atoms with Gasteiger partial charge in [-0.15, -0.1) is 0 Å². The lowest BCUT2D eigenvalue weighted by Gasteiger charge is -2.30. The second kappa shape index (κ2) is 31.2. The maximum Gasteiger partial charge on any atom is 0.475 e. The number of aryl methyl sites for hydroxylation is 1. The Balaban J connectivity index is 0.000000157. The van der Waals surface area contributed by atoms with Gasteiger partial charge in [0.15, 0.2) is 18.7 Å². The number of benzene rings is 3. The molecular formula is C55H61Cl4F2N8O24P3. The summed E-state index contributed by atoms with van der Waals surface area (Å²) >= 11 is 24.2. The van der Waals surface area contributed by atoms with E-state index in [0.717, 1.165) is 13.7 Å². The van der Waals surface area contributed by atoms with E-state index in [9.17, 15) is 67.5 Å². The van der Waals surface area contributed by atoms with Crippen molar-refractivity contribution in [1.29, 1.82) is 0 Å². The number of phosphoric ester groups is 3. The molecule has 3 aromatic heterocycles. The topological polar surface area (TPSA) is 440 Å². The molecule has 0 unspecified atom stereocenters. The lowest BCUT2D eigenvalue weighted by atomic mass is 10.1. The second-order valence-electron chi connectivity index (χ2n) is 21.9. The summed E-state index contributed by atoms with van der Waals surface area (Å²) in [6.45, 7) is 0.237. The molecule has 6 aliphatic heterocycles. The van der Waals surface area contributed by atoms with Crippen molar-refractivity contribution in [3.8, 4) is 0 Å². The zero-order valence-electron chi connectivity index (χ0n) is 49.7. The van der Waals surface area contributed by atoms with Crippen molar-refractivity contribution in [3.63, 3.8) is 0 Å². The molecule has 0 aliphatic carbocycles. The third kappa shape index (κ3) is 17.4. The summed E-state index contributed by atoms with van der Waals surface area (Å²) in [4.78, 5) is 47.0. The number of nitrogens with zero attached hydrogens (tertiary/aromatic N) is 6. The molecule has 0 spiro atoms. The minimum absolute atomic E-state index is 0.00144. The van der Waals surface area contributed by atoms with E-state index in [1.54, 1.807) is 31.2 Å². The van der Waals surface area contributed by atoms with E-state index in [1.165, 1.54) is 67.1 Å². The average molecular weight is 1490 g/mol. The van der Waals surface area contributed by atoms with Crippen molar-refractivity contribution < 1.29 is 108 Å². The maximum absolute atomic E-state index is 14.2. The average Bonchev–Trinajstić information content (AvgIpc) is 1.34. The molecule has 12 rings (SSSR count). The molecule has 18 atom stereocenters. The first-order chi connectivity index (χ1) is 45.5. The second-order valence-corrected chi connectivity index (χ2v) is 28.4. The summed E-state index contributed by atoms with van der Waals surface area (Å²) in [6.07, 6.45) is -13.7. The molecule has 522 valence electrons. The number of aliphatic hydroxyl groups is 6. The standard InChI is InChI=1S/C19H21ClFN2O8P.C18H20Cl2N3O8P.C18H20ClFN3O8P/c1-10-4-6-23(19(26)22-10)18-17(25)16(24)15(30-18)9-29-32(27)28-7-5-14(31-32)12-8-11(21)2-3-13(12)20;2*19-9-1-2-11(20)10(7-9)12-4-6-28-32(27,31-12)29-8-13-15(24)16(25)17(30-13)23-5-3-14(21)22-18(23)26/h2-4,6,8,14-18,24-25H,5,7,9H2,1H3;2*1-3,5,7,12-13,15-17,24-25H,4,6,8H2,(H2,21,22,26)/t14-,15-,16-,17+,18-,32+;2*12-,13-,15-,16+,17-,32+/m111/s1. The predicted molar refractivity (Wildman–Crippen MR) is 330 cm³/mol. The summed E-state index contributed by atoms with van der Waals surface area (Å²) in [6, 6.07) is 16.7. The third-order valence-corrected chi connectivity index (χ3v) is 20.9. The molecule has 41 heteroatoms. The quantitative estimate of drug-likeness (QED) is 0.0558. The van der Waals surface area contributed by atoms with Gasteiger partial charge in [-0.2, -0.15) is 15.0 Å². The van der Waals surface area contributed by atoms with Crippen LogP contribution in [0.2, 0.25) is 20.1 Å². The summed E-state index contributed by atoms with van der Waals surface area (Å²) in [7, 11) is -12.3. The van der Waals surface area contributed by atoms with Crippen molar-refractivity contribution in [2.75, 3.05) is 51.1 Å². The lowest BCUT2D eigenvalue weighted by molar-refractivity contribution is -0.0611. The molecule has 6 fully saturated rings. The first-order valence-corrected chi connectivity index (χ1v) is 34.8. The van der Waals surface area contributed by atoms with Gasteiger partial charge in [0.05, 0.1) is 58.0 Å². The van der Waals surface area contributed by atoms with Gasteiger partial charge in [0, 0.05) is 80.3 Å². The van der Waals surface area contributed by atoms with Gasteiger partial charge >= 0.3 is 40.5 Å². The predicted octanol–water partition coefficient (Wildman–Crippen LogP) is 5.86. The number of nitrogen functional groups attached to an aromatic ring is 2. The van der Waals surface area contributed by atoms with Crippen LogP contribution < -0.4 is 28.5 Å². The number of halogens is 6. The largest absolute Gasteiger partial charge is 0.475 e. The molecule has 0 saturated carbocycles. The van der Waals surface area contributed by atoms with E-state index >= 15 is 0 Å². The van der Waals surface area contributed by atoms with Gasteiger partial charge in [-0.1, -0.05) is 46.4 Å². The van der Waals surface area contributed by atoms with Gasteiger partial charge in [-0.3, -0.25) is 54.4 Å². The fourth-order valence-electron chi connectivity index (χ4n) is 10.4. The summed E-state index contributed by atoms with van der Waals surface area (Å²) in [5.74, 6) is -1.14. The van der Waals surface area contributed by atoms with Crippen LogP contribution in [0, 0.1) is 18.6 Å². The highest BCUT2D eigenvalue weighted by Gasteiger charge is 2.50. The minimum atomic E-state index is -4.16. The molecule has 0 bridgehead atoms. The first-order valence-electron chi connectivity index (χ1n) is 28.9. The third-order valence-electron chi connectivity index (χ3n) is 15.3. The first kappa shape index (κ1) is 73.6. The van der Waals surface area contributed by atoms with Crippen LogP contribution in [-0.2, 0) is 68.6 Å². The summed E-state index contributed by atoms with van der Waals surface area (Å²) < 4.78 is 134. The van der Waals surface area contributed by atoms with Crippen molar-refractivity contribution in [2.24, 2.45) is 0 Å². The van der Waals surface area contributed by atoms with Crippen molar-refractivity contribution in [1.82, 2.24) is 28.7 Å². The number of anilines is 2. The number of aliphatic hydroxyl groups excluding tert-OH is 6. The van der Waals surface area contributed by atoms with Gasteiger partial charge in [0.1, 0.15) is 78.2 Å².